The molecular formula is C21H14ClN5O3. The number of halogens is 1. The van der Waals surface area contributed by atoms with Crippen molar-refractivity contribution in [3.05, 3.63) is 77.0 Å². The standard InChI is InChI=1S/C21H14ClN5O3/c22-12-4-5-16-11(8-12)9-17(30-16)15(28)10-18-25-14-3-1-2-13(19(14)26-18)20(29)27-21-23-6-7-24-21/h1-9H,10H2,(H,25,26)(H2,23,24,27,29). The van der Waals surface area contributed by atoms with Crippen LogP contribution in [0.1, 0.15) is 26.7 Å². The molecule has 2 aromatic carbocycles. The molecule has 3 aromatic heterocycles. The van der Waals surface area contributed by atoms with E-state index in [-0.39, 0.29) is 23.9 Å². The van der Waals surface area contributed by atoms with Crippen LogP contribution in [-0.2, 0) is 6.42 Å². The zero-order chi connectivity index (χ0) is 20.7. The van der Waals surface area contributed by atoms with Gasteiger partial charge >= 0.3 is 0 Å². The number of amides is 1. The highest BCUT2D eigenvalue weighted by Crippen LogP contribution is 2.24. The van der Waals surface area contributed by atoms with E-state index in [9.17, 15) is 9.59 Å². The second-order valence-corrected chi connectivity index (χ2v) is 7.11. The molecule has 0 aliphatic heterocycles. The fourth-order valence-corrected chi connectivity index (χ4v) is 3.43. The summed E-state index contributed by atoms with van der Waals surface area (Å²) in [5.41, 5.74) is 2.09. The summed E-state index contributed by atoms with van der Waals surface area (Å²) in [6, 6.07) is 12.0. The van der Waals surface area contributed by atoms with Gasteiger partial charge in [-0.2, -0.15) is 0 Å². The average Bonchev–Trinajstić information content (AvgIpc) is 3.45. The van der Waals surface area contributed by atoms with E-state index in [0.717, 1.165) is 5.39 Å². The molecule has 1 amide bonds. The number of anilines is 1. The summed E-state index contributed by atoms with van der Waals surface area (Å²) in [7, 11) is 0. The van der Waals surface area contributed by atoms with E-state index >= 15 is 0 Å². The minimum absolute atomic E-state index is 0.00147. The molecule has 3 N–H and O–H groups in total. The molecule has 0 fully saturated rings. The Labute approximate surface area is 174 Å². The van der Waals surface area contributed by atoms with E-state index < -0.39 is 0 Å². The van der Waals surface area contributed by atoms with Crippen LogP contribution >= 0.6 is 11.6 Å². The van der Waals surface area contributed by atoms with Crippen LogP contribution in [0.3, 0.4) is 0 Å². The van der Waals surface area contributed by atoms with E-state index in [0.29, 0.717) is 39.0 Å². The second-order valence-electron chi connectivity index (χ2n) is 6.67. The summed E-state index contributed by atoms with van der Waals surface area (Å²) in [6.07, 6.45) is 3.16. The number of aromatic nitrogens is 4. The lowest BCUT2D eigenvalue weighted by Crippen LogP contribution is -2.13. The number of nitrogens with one attached hydrogen (secondary N) is 3. The number of hydrogen-bond acceptors (Lipinski definition) is 5. The molecular weight excluding hydrogens is 406 g/mol. The number of nitrogens with zero attached hydrogens (tertiary/aromatic N) is 2. The number of carbonyl (C=O) groups is 2. The lowest BCUT2D eigenvalue weighted by Gasteiger charge is -2.02. The van der Waals surface area contributed by atoms with Gasteiger partial charge in [-0.1, -0.05) is 17.7 Å². The number of furan rings is 1. The maximum Gasteiger partial charge on any atom is 0.260 e. The van der Waals surface area contributed by atoms with Gasteiger partial charge in [0.15, 0.2) is 5.76 Å². The van der Waals surface area contributed by atoms with Crippen LogP contribution in [0, 0.1) is 0 Å². The van der Waals surface area contributed by atoms with Crippen molar-refractivity contribution in [2.24, 2.45) is 0 Å². The third kappa shape index (κ3) is 3.33. The molecule has 0 saturated carbocycles. The van der Waals surface area contributed by atoms with E-state index in [2.05, 4.69) is 25.3 Å². The number of carbonyl (C=O) groups excluding carboxylic acids is 2. The van der Waals surface area contributed by atoms with Crippen LogP contribution in [0.5, 0.6) is 0 Å². The normalized spacial score (nSPS) is 11.2. The van der Waals surface area contributed by atoms with Gasteiger partial charge in [-0.3, -0.25) is 14.9 Å². The van der Waals surface area contributed by atoms with Crippen molar-refractivity contribution in [1.82, 2.24) is 19.9 Å². The van der Waals surface area contributed by atoms with Crippen LogP contribution < -0.4 is 5.32 Å². The van der Waals surface area contributed by atoms with Gasteiger partial charge in [0.1, 0.15) is 16.9 Å². The molecule has 0 saturated heterocycles. The molecule has 148 valence electrons. The topological polar surface area (TPSA) is 117 Å². The van der Waals surface area contributed by atoms with Crippen LogP contribution in [0.15, 0.2) is 59.3 Å². The molecule has 0 aliphatic carbocycles. The van der Waals surface area contributed by atoms with Gasteiger partial charge in [0, 0.05) is 22.8 Å². The zero-order valence-corrected chi connectivity index (χ0v) is 16.2. The third-order valence-corrected chi connectivity index (χ3v) is 4.85. The quantitative estimate of drug-likeness (QED) is 0.366. The highest BCUT2D eigenvalue weighted by atomic mass is 35.5. The van der Waals surface area contributed by atoms with Gasteiger partial charge in [0.2, 0.25) is 11.7 Å². The Kier molecular flexibility index (Phi) is 4.33. The van der Waals surface area contributed by atoms with Crippen molar-refractivity contribution >= 4 is 51.2 Å². The fourth-order valence-electron chi connectivity index (χ4n) is 3.25. The first-order valence-corrected chi connectivity index (χ1v) is 9.45. The molecule has 0 aliphatic rings. The van der Waals surface area contributed by atoms with Gasteiger partial charge in [-0.25, -0.2) is 9.97 Å². The largest absolute Gasteiger partial charge is 0.453 e. The number of para-hydroxylation sites is 1. The summed E-state index contributed by atoms with van der Waals surface area (Å²) >= 11 is 5.99. The van der Waals surface area contributed by atoms with Crippen molar-refractivity contribution in [2.75, 3.05) is 5.32 Å². The molecule has 3 heterocycles. The van der Waals surface area contributed by atoms with Crippen molar-refractivity contribution in [2.45, 2.75) is 6.42 Å². The Balaban J connectivity index is 1.42. The number of rotatable bonds is 5. The number of H-pyrrole nitrogens is 2. The predicted molar refractivity (Wildman–Crippen MR) is 112 cm³/mol. The lowest BCUT2D eigenvalue weighted by molar-refractivity contribution is 0.0966. The number of hydrogen-bond donors (Lipinski definition) is 3. The second kappa shape index (κ2) is 7.16. The van der Waals surface area contributed by atoms with Crippen LogP contribution in [0.25, 0.3) is 22.0 Å². The van der Waals surface area contributed by atoms with Gasteiger partial charge in [0.25, 0.3) is 5.91 Å². The fraction of sp³-hybridized carbons (Fsp3) is 0.0476. The van der Waals surface area contributed by atoms with E-state index in [1.165, 1.54) is 0 Å². The molecule has 5 rings (SSSR count). The molecule has 0 bridgehead atoms. The van der Waals surface area contributed by atoms with Crippen LogP contribution in [-0.4, -0.2) is 31.6 Å². The first-order chi connectivity index (χ1) is 14.6. The van der Waals surface area contributed by atoms with Crippen molar-refractivity contribution in [3.8, 4) is 0 Å². The van der Waals surface area contributed by atoms with E-state index in [1.807, 2.05) is 0 Å². The molecule has 30 heavy (non-hydrogen) atoms. The maximum atomic E-state index is 12.7. The first kappa shape index (κ1) is 18.1. The lowest BCUT2D eigenvalue weighted by atomic mass is 10.2. The number of benzene rings is 2. The Morgan fingerprint density at radius 2 is 2.07 bits per heavy atom. The van der Waals surface area contributed by atoms with Crippen LogP contribution in [0.4, 0.5) is 5.95 Å². The van der Waals surface area contributed by atoms with E-state index in [4.69, 9.17) is 16.0 Å². The first-order valence-electron chi connectivity index (χ1n) is 9.07. The number of ketones is 1. The van der Waals surface area contributed by atoms with Crippen molar-refractivity contribution < 1.29 is 14.0 Å². The van der Waals surface area contributed by atoms with E-state index in [1.54, 1.807) is 54.9 Å². The molecule has 9 heteroatoms. The number of aromatic amines is 2. The summed E-state index contributed by atoms with van der Waals surface area (Å²) in [5, 5.41) is 4.00. The smallest absolute Gasteiger partial charge is 0.260 e. The van der Waals surface area contributed by atoms with Crippen molar-refractivity contribution in [1.29, 1.82) is 0 Å². The highest BCUT2D eigenvalue weighted by Gasteiger charge is 2.18. The maximum absolute atomic E-state index is 12.7. The number of fused-ring (bicyclic) bond motifs is 2. The summed E-state index contributed by atoms with van der Waals surface area (Å²) in [4.78, 5) is 39.6. The zero-order valence-electron chi connectivity index (χ0n) is 15.4. The summed E-state index contributed by atoms with van der Waals surface area (Å²) < 4.78 is 5.63. The van der Waals surface area contributed by atoms with Gasteiger partial charge in [-0.15, -0.1) is 0 Å². The molecule has 0 spiro atoms. The minimum Gasteiger partial charge on any atom is -0.453 e. The molecule has 0 unspecified atom stereocenters. The Morgan fingerprint density at radius 1 is 1.17 bits per heavy atom. The molecule has 0 radical (unpaired) electrons. The van der Waals surface area contributed by atoms with Crippen molar-refractivity contribution in [3.63, 3.8) is 0 Å². The molecule has 0 atom stereocenters. The van der Waals surface area contributed by atoms with Gasteiger partial charge < -0.3 is 14.4 Å². The summed E-state index contributed by atoms with van der Waals surface area (Å²) in [6.45, 7) is 0. The Bertz CT molecular complexity index is 1400. The summed E-state index contributed by atoms with van der Waals surface area (Å²) in [5.74, 6) is 0.417. The molecule has 5 aromatic rings. The Hall–Kier alpha value is -3.91. The molecule has 8 nitrogen and oxygen atoms in total. The Morgan fingerprint density at radius 3 is 2.90 bits per heavy atom. The monoisotopic (exact) mass is 419 g/mol. The van der Waals surface area contributed by atoms with Gasteiger partial charge in [0.05, 0.1) is 17.5 Å². The number of imidazole rings is 2. The highest BCUT2D eigenvalue weighted by molar-refractivity contribution is 6.31. The minimum atomic E-state index is -0.353. The third-order valence-electron chi connectivity index (χ3n) is 4.62. The average molecular weight is 420 g/mol. The predicted octanol–water partition coefficient (Wildman–Crippen LogP) is 4.36. The van der Waals surface area contributed by atoms with Gasteiger partial charge in [-0.05, 0) is 36.4 Å². The SMILES string of the molecule is O=C(Cc1nc2c(C(=O)Nc3ncc[nH]3)cccc2[nH]1)c1cc2cc(Cl)ccc2o1. The number of Topliss-reactive ketones (excluding diaryl/α,β-unsaturated/α-hetero) is 1. The van der Waals surface area contributed by atoms with Crippen LogP contribution in [0.2, 0.25) is 5.02 Å².